The summed E-state index contributed by atoms with van der Waals surface area (Å²) in [7, 11) is 1.59. The van der Waals surface area contributed by atoms with E-state index in [1.54, 1.807) is 13.2 Å². The molecule has 156 valence electrons. The van der Waals surface area contributed by atoms with Gasteiger partial charge in [0, 0.05) is 18.5 Å². The summed E-state index contributed by atoms with van der Waals surface area (Å²) in [5, 5.41) is 3.74. The van der Waals surface area contributed by atoms with E-state index in [4.69, 9.17) is 13.9 Å². The van der Waals surface area contributed by atoms with Crippen molar-refractivity contribution in [1.29, 1.82) is 0 Å². The van der Waals surface area contributed by atoms with Crippen LogP contribution in [0.5, 0.6) is 5.75 Å². The molecule has 30 heavy (non-hydrogen) atoms. The number of carbonyl (C=O) groups is 1. The topological polar surface area (TPSA) is 73.1 Å². The van der Waals surface area contributed by atoms with Gasteiger partial charge in [-0.2, -0.15) is 0 Å². The van der Waals surface area contributed by atoms with Gasteiger partial charge in [-0.3, -0.25) is 4.79 Å². The minimum absolute atomic E-state index is 0.0616. The van der Waals surface area contributed by atoms with Crippen LogP contribution in [0.1, 0.15) is 34.3 Å². The van der Waals surface area contributed by atoms with Crippen LogP contribution in [0.3, 0.4) is 0 Å². The van der Waals surface area contributed by atoms with Crippen molar-refractivity contribution in [3.8, 4) is 5.75 Å². The monoisotopic (exact) mass is 406 g/mol. The quantitative estimate of drug-likeness (QED) is 0.689. The number of nitrogens with zero attached hydrogens (tertiary/aromatic N) is 1. The van der Waals surface area contributed by atoms with Gasteiger partial charge < -0.3 is 19.2 Å². The number of fused-ring (bicyclic) bond motifs is 1. The highest BCUT2D eigenvalue weighted by Crippen LogP contribution is 2.25. The molecule has 3 aromatic rings. The molecule has 1 amide bonds. The van der Waals surface area contributed by atoms with E-state index in [0.29, 0.717) is 23.4 Å². The number of hydrogen-bond donors (Lipinski definition) is 1. The van der Waals surface area contributed by atoms with Crippen molar-refractivity contribution in [2.24, 2.45) is 4.99 Å². The van der Waals surface area contributed by atoms with Gasteiger partial charge in [0.15, 0.2) is 11.3 Å². The van der Waals surface area contributed by atoms with Crippen molar-refractivity contribution < 1.29 is 18.7 Å². The SMILES string of the molecule is COc1cccc2cc(C(=O)NC[C@@H]3CCCO3)c(=Nc3ccc(C)c(C)c3)oc12. The van der Waals surface area contributed by atoms with E-state index in [1.807, 2.05) is 50.2 Å². The summed E-state index contributed by atoms with van der Waals surface area (Å²) < 4.78 is 17.1. The summed E-state index contributed by atoms with van der Waals surface area (Å²) in [5.41, 5.74) is 4.22. The van der Waals surface area contributed by atoms with E-state index in [9.17, 15) is 4.79 Å². The Morgan fingerprint density at radius 3 is 2.80 bits per heavy atom. The molecule has 6 heteroatoms. The van der Waals surface area contributed by atoms with Gasteiger partial charge in [-0.15, -0.1) is 0 Å². The van der Waals surface area contributed by atoms with E-state index < -0.39 is 0 Å². The van der Waals surface area contributed by atoms with E-state index in [1.165, 1.54) is 5.56 Å². The van der Waals surface area contributed by atoms with Gasteiger partial charge in [-0.1, -0.05) is 18.2 Å². The molecule has 0 bridgehead atoms. The molecule has 2 aromatic carbocycles. The zero-order valence-corrected chi connectivity index (χ0v) is 17.5. The Morgan fingerprint density at radius 1 is 1.20 bits per heavy atom. The molecule has 1 atom stereocenters. The second-order valence-corrected chi connectivity index (χ2v) is 7.57. The molecule has 0 spiro atoms. The number of methoxy groups -OCH3 is 1. The molecule has 0 radical (unpaired) electrons. The Balaban J connectivity index is 1.79. The normalized spacial score (nSPS) is 16.8. The summed E-state index contributed by atoms with van der Waals surface area (Å²) in [6.07, 6.45) is 2.05. The van der Waals surface area contributed by atoms with Crippen molar-refractivity contribution in [3.05, 3.63) is 64.7 Å². The number of aryl methyl sites for hydroxylation is 2. The lowest BCUT2D eigenvalue weighted by Crippen LogP contribution is -2.34. The van der Waals surface area contributed by atoms with Gasteiger partial charge in [0.1, 0.15) is 5.56 Å². The minimum atomic E-state index is -0.235. The fourth-order valence-corrected chi connectivity index (χ4v) is 3.55. The Bertz CT molecular complexity index is 1140. The Morgan fingerprint density at radius 2 is 2.07 bits per heavy atom. The number of ether oxygens (including phenoxy) is 2. The van der Waals surface area contributed by atoms with Crippen LogP contribution < -0.4 is 15.6 Å². The summed E-state index contributed by atoms with van der Waals surface area (Å²) in [4.78, 5) is 17.7. The van der Waals surface area contributed by atoms with Crippen molar-refractivity contribution in [3.63, 3.8) is 0 Å². The molecule has 1 aliphatic heterocycles. The number of amides is 1. The number of hydrogen-bond acceptors (Lipinski definition) is 5. The maximum absolute atomic E-state index is 13.0. The lowest BCUT2D eigenvalue weighted by molar-refractivity contribution is 0.0854. The van der Waals surface area contributed by atoms with E-state index in [2.05, 4.69) is 10.3 Å². The molecule has 4 rings (SSSR count). The first-order chi connectivity index (χ1) is 14.5. The zero-order valence-electron chi connectivity index (χ0n) is 17.5. The summed E-state index contributed by atoms with van der Waals surface area (Å²) >= 11 is 0. The molecule has 1 N–H and O–H groups in total. The van der Waals surface area contributed by atoms with Crippen molar-refractivity contribution in [2.75, 3.05) is 20.3 Å². The molecule has 1 aliphatic rings. The molecule has 1 fully saturated rings. The van der Waals surface area contributed by atoms with E-state index >= 15 is 0 Å². The molecule has 0 saturated carbocycles. The Kier molecular flexibility index (Phi) is 5.86. The van der Waals surface area contributed by atoms with E-state index in [-0.39, 0.29) is 17.6 Å². The van der Waals surface area contributed by atoms with Crippen molar-refractivity contribution in [1.82, 2.24) is 5.32 Å². The lowest BCUT2D eigenvalue weighted by Gasteiger charge is -2.12. The van der Waals surface area contributed by atoms with Crippen LogP contribution in [-0.4, -0.2) is 32.3 Å². The molecule has 6 nitrogen and oxygen atoms in total. The number of rotatable bonds is 5. The third kappa shape index (κ3) is 4.24. The Hall–Kier alpha value is -3.12. The molecule has 0 unspecified atom stereocenters. The van der Waals surface area contributed by atoms with Crippen LogP contribution in [0.25, 0.3) is 11.0 Å². The van der Waals surface area contributed by atoms with Crippen LogP contribution in [0.4, 0.5) is 5.69 Å². The summed E-state index contributed by atoms with van der Waals surface area (Å²) in [6.45, 7) is 5.30. The molecule has 1 aromatic heterocycles. The number of benzene rings is 2. The van der Waals surface area contributed by atoms with Crippen molar-refractivity contribution in [2.45, 2.75) is 32.8 Å². The first kappa shape index (κ1) is 20.2. The highest BCUT2D eigenvalue weighted by molar-refractivity contribution is 5.97. The molecular formula is C24H26N2O4. The average Bonchev–Trinajstić information content (AvgIpc) is 3.27. The highest BCUT2D eigenvalue weighted by Gasteiger charge is 2.19. The summed E-state index contributed by atoms with van der Waals surface area (Å²) in [6, 6.07) is 13.3. The first-order valence-electron chi connectivity index (χ1n) is 10.2. The second-order valence-electron chi connectivity index (χ2n) is 7.57. The highest BCUT2D eigenvalue weighted by atomic mass is 16.5. The maximum atomic E-state index is 13.0. The van der Waals surface area contributed by atoms with Gasteiger partial charge in [-0.05, 0) is 62.1 Å². The van der Waals surface area contributed by atoms with Gasteiger partial charge in [0.05, 0.1) is 18.9 Å². The smallest absolute Gasteiger partial charge is 0.256 e. The van der Waals surface area contributed by atoms with Gasteiger partial charge in [0.25, 0.3) is 5.91 Å². The zero-order chi connectivity index (χ0) is 21.1. The van der Waals surface area contributed by atoms with Crippen LogP contribution in [0.15, 0.2) is 51.9 Å². The van der Waals surface area contributed by atoms with Gasteiger partial charge >= 0.3 is 0 Å². The number of para-hydroxylation sites is 1. The molecule has 1 saturated heterocycles. The molecule has 0 aliphatic carbocycles. The van der Waals surface area contributed by atoms with Crippen LogP contribution in [0, 0.1) is 13.8 Å². The summed E-state index contributed by atoms with van der Waals surface area (Å²) in [5.74, 6) is 0.358. The van der Waals surface area contributed by atoms with Gasteiger partial charge in [0.2, 0.25) is 5.55 Å². The molecular weight excluding hydrogens is 380 g/mol. The first-order valence-corrected chi connectivity index (χ1v) is 10.2. The van der Waals surface area contributed by atoms with Crippen LogP contribution in [0.2, 0.25) is 0 Å². The van der Waals surface area contributed by atoms with Crippen LogP contribution in [-0.2, 0) is 4.74 Å². The maximum Gasteiger partial charge on any atom is 0.256 e. The van der Waals surface area contributed by atoms with Crippen molar-refractivity contribution >= 4 is 22.6 Å². The predicted molar refractivity (Wildman–Crippen MR) is 115 cm³/mol. The Labute approximate surface area is 175 Å². The lowest BCUT2D eigenvalue weighted by atomic mass is 10.1. The predicted octanol–water partition coefficient (Wildman–Crippen LogP) is 4.20. The number of nitrogens with one attached hydrogen (secondary N) is 1. The molecule has 2 heterocycles. The van der Waals surface area contributed by atoms with Crippen LogP contribution >= 0.6 is 0 Å². The second kappa shape index (κ2) is 8.71. The minimum Gasteiger partial charge on any atom is -0.493 e. The third-order valence-electron chi connectivity index (χ3n) is 5.44. The standard InChI is InChI=1S/C24H26N2O4/c1-15-9-10-18(12-16(15)2)26-24-20(23(27)25-14-19-7-5-11-29-19)13-17-6-4-8-21(28-3)22(17)30-24/h4,6,8-10,12-13,19H,5,7,11,14H2,1-3H3,(H,25,27)/t19-/m0/s1. The fourth-order valence-electron chi connectivity index (χ4n) is 3.55. The largest absolute Gasteiger partial charge is 0.493 e. The fraction of sp³-hybridized carbons (Fsp3) is 0.333. The average molecular weight is 406 g/mol. The van der Waals surface area contributed by atoms with E-state index in [0.717, 1.165) is 36.1 Å². The van der Waals surface area contributed by atoms with Gasteiger partial charge in [-0.25, -0.2) is 4.99 Å². The third-order valence-corrected chi connectivity index (χ3v) is 5.44. The number of carbonyl (C=O) groups excluding carboxylic acids is 1.